The topological polar surface area (TPSA) is 56.7 Å². The van der Waals surface area contributed by atoms with Gasteiger partial charge in [-0.15, -0.1) is 11.8 Å². The van der Waals surface area contributed by atoms with Gasteiger partial charge in [-0.1, -0.05) is 0 Å². The summed E-state index contributed by atoms with van der Waals surface area (Å²) in [6.45, 7) is 2.95. The first-order valence-corrected chi connectivity index (χ1v) is 6.06. The van der Waals surface area contributed by atoms with Gasteiger partial charge in [-0.2, -0.15) is 0 Å². The van der Waals surface area contributed by atoms with E-state index in [1.54, 1.807) is 18.0 Å². The molecule has 0 amide bonds. The van der Waals surface area contributed by atoms with Crippen LogP contribution >= 0.6 is 11.8 Å². The Labute approximate surface area is 98.9 Å². The molecule has 0 unspecified atom stereocenters. The zero-order valence-corrected chi connectivity index (χ0v) is 9.94. The van der Waals surface area contributed by atoms with E-state index in [9.17, 15) is 0 Å². The molecule has 2 rings (SSSR count). The maximum absolute atomic E-state index is 5.57. The standard InChI is InChI=1S/C11H14N4S/c1-9-13-4-5-15(9)6-7-16-11-3-2-10(12)8-14-11/h2-5,8H,6-7,12H2,1H3. The summed E-state index contributed by atoms with van der Waals surface area (Å²) in [5.74, 6) is 2.03. The first kappa shape index (κ1) is 11.0. The molecule has 0 saturated heterocycles. The van der Waals surface area contributed by atoms with Crippen LogP contribution in [0.25, 0.3) is 0 Å². The molecule has 0 aliphatic carbocycles. The largest absolute Gasteiger partial charge is 0.397 e. The molecule has 4 nitrogen and oxygen atoms in total. The van der Waals surface area contributed by atoms with E-state index in [1.165, 1.54) is 0 Å². The third-order valence-electron chi connectivity index (χ3n) is 2.26. The summed E-state index contributed by atoms with van der Waals surface area (Å²) >= 11 is 1.72. The molecular weight excluding hydrogens is 220 g/mol. The van der Waals surface area contributed by atoms with Gasteiger partial charge in [0.25, 0.3) is 0 Å². The zero-order valence-electron chi connectivity index (χ0n) is 9.13. The van der Waals surface area contributed by atoms with Crippen LogP contribution in [0.15, 0.2) is 35.7 Å². The Balaban J connectivity index is 1.84. The normalized spacial score (nSPS) is 10.6. The van der Waals surface area contributed by atoms with Crippen molar-refractivity contribution in [3.63, 3.8) is 0 Å². The van der Waals surface area contributed by atoms with E-state index in [0.717, 1.165) is 23.1 Å². The number of hydrogen-bond acceptors (Lipinski definition) is 4. The van der Waals surface area contributed by atoms with Gasteiger partial charge in [-0.05, 0) is 19.1 Å². The van der Waals surface area contributed by atoms with Crippen LogP contribution in [0.2, 0.25) is 0 Å². The van der Waals surface area contributed by atoms with E-state index >= 15 is 0 Å². The SMILES string of the molecule is Cc1nccn1CCSc1ccc(N)cn1. The van der Waals surface area contributed by atoms with E-state index in [-0.39, 0.29) is 0 Å². The molecule has 0 atom stereocenters. The molecule has 0 radical (unpaired) electrons. The predicted molar refractivity (Wildman–Crippen MR) is 66.3 cm³/mol. The van der Waals surface area contributed by atoms with Crippen molar-refractivity contribution in [2.75, 3.05) is 11.5 Å². The lowest BCUT2D eigenvalue weighted by molar-refractivity contribution is 0.737. The van der Waals surface area contributed by atoms with Crippen molar-refractivity contribution in [3.05, 3.63) is 36.5 Å². The van der Waals surface area contributed by atoms with Crippen molar-refractivity contribution in [2.24, 2.45) is 0 Å². The van der Waals surface area contributed by atoms with E-state index in [0.29, 0.717) is 5.69 Å². The van der Waals surface area contributed by atoms with Crippen molar-refractivity contribution in [1.82, 2.24) is 14.5 Å². The number of hydrogen-bond donors (Lipinski definition) is 1. The average molecular weight is 234 g/mol. The average Bonchev–Trinajstić information content (AvgIpc) is 2.68. The summed E-state index contributed by atoms with van der Waals surface area (Å²) in [7, 11) is 0. The number of nitrogens with two attached hydrogens (primary N) is 1. The molecule has 84 valence electrons. The highest BCUT2D eigenvalue weighted by Crippen LogP contribution is 2.16. The minimum absolute atomic E-state index is 0.704. The highest BCUT2D eigenvalue weighted by atomic mass is 32.2. The van der Waals surface area contributed by atoms with Crippen molar-refractivity contribution in [1.29, 1.82) is 0 Å². The number of aryl methyl sites for hydroxylation is 2. The van der Waals surface area contributed by atoms with Crippen molar-refractivity contribution in [2.45, 2.75) is 18.5 Å². The van der Waals surface area contributed by atoms with Gasteiger partial charge < -0.3 is 10.3 Å². The highest BCUT2D eigenvalue weighted by Gasteiger charge is 1.98. The Hall–Kier alpha value is -1.49. The summed E-state index contributed by atoms with van der Waals surface area (Å²) < 4.78 is 2.13. The first-order valence-electron chi connectivity index (χ1n) is 5.08. The van der Waals surface area contributed by atoms with E-state index in [1.807, 2.05) is 31.5 Å². The minimum Gasteiger partial charge on any atom is -0.397 e. The van der Waals surface area contributed by atoms with Crippen LogP contribution in [0.1, 0.15) is 5.82 Å². The quantitative estimate of drug-likeness (QED) is 0.822. The lowest BCUT2D eigenvalue weighted by Gasteiger charge is -2.04. The van der Waals surface area contributed by atoms with Gasteiger partial charge in [0.2, 0.25) is 0 Å². The molecular formula is C11H14N4S. The number of pyridine rings is 1. The summed E-state index contributed by atoms with van der Waals surface area (Å²) in [6, 6.07) is 3.82. The molecule has 2 aromatic heterocycles. The molecule has 16 heavy (non-hydrogen) atoms. The van der Waals surface area contributed by atoms with E-state index in [4.69, 9.17) is 5.73 Å². The number of nitrogens with zero attached hydrogens (tertiary/aromatic N) is 3. The summed E-state index contributed by atoms with van der Waals surface area (Å²) in [4.78, 5) is 8.41. The Morgan fingerprint density at radius 1 is 1.38 bits per heavy atom. The molecule has 0 fully saturated rings. The smallest absolute Gasteiger partial charge is 0.105 e. The van der Waals surface area contributed by atoms with Crippen molar-refractivity contribution in [3.8, 4) is 0 Å². The molecule has 0 aromatic carbocycles. The van der Waals surface area contributed by atoms with Crippen LogP contribution in [0, 0.1) is 6.92 Å². The molecule has 0 aliphatic rings. The molecule has 0 spiro atoms. The number of anilines is 1. The van der Waals surface area contributed by atoms with Crippen molar-refractivity contribution < 1.29 is 0 Å². The molecule has 2 heterocycles. The van der Waals surface area contributed by atoms with Crippen LogP contribution in [-0.2, 0) is 6.54 Å². The van der Waals surface area contributed by atoms with Crippen molar-refractivity contribution >= 4 is 17.4 Å². The molecule has 0 aliphatic heterocycles. The molecule has 2 N–H and O–H groups in total. The Bertz CT molecular complexity index is 449. The number of thioether (sulfide) groups is 1. The second kappa shape index (κ2) is 5.03. The third kappa shape index (κ3) is 2.76. The van der Waals surface area contributed by atoms with Gasteiger partial charge in [0, 0.05) is 24.7 Å². The third-order valence-corrected chi connectivity index (χ3v) is 3.19. The van der Waals surface area contributed by atoms with Crippen LogP contribution < -0.4 is 5.73 Å². The summed E-state index contributed by atoms with van der Waals surface area (Å²) in [5, 5.41) is 1.01. The minimum atomic E-state index is 0.704. The Kier molecular flexibility index (Phi) is 3.46. The maximum atomic E-state index is 5.57. The fourth-order valence-electron chi connectivity index (χ4n) is 1.37. The fourth-order valence-corrected chi connectivity index (χ4v) is 2.15. The van der Waals surface area contributed by atoms with Crippen LogP contribution in [0.3, 0.4) is 0 Å². The zero-order chi connectivity index (χ0) is 11.4. The predicted octanol–water partition coefficient (Wildman–Crippen LogP) is 1.96. The van der Waals surface area contributed by atoms with E-state index < -0.39 is 0 Å². The van der Waals surface area contributed by atoms with Crippen LogP contribution in [0.5, 0.6) is 0 Å². The maximum Gasteiger partial charge on any atom is 0.105 e. The van der Waals surface area contributed by atoms with E-state index in [2.05, 4.69) is 14.5 Å². The number of imidazole rings is 1. The van der Waals surface area contributed by atoms with Gasteiger partial charge in [0.15, 0.2) is 0 Å². The number of nitrogen functional groups attached to an aromatic ring is 1. The summed E-state index contributed by atoms with van der Waals surface area (Å²) in [5.41, 5.74) is 6.27. The monoisotopic (exact) mass is 234 g/mol. The second-order valence-electron chi connectivity index (χ2n) is 3.45. The van der Waals surface area contributed by atoms with Gasteiger partial charge in [-0.3, -0.25) is 0 Å². The number of rotatable bonds is 4. The van der Waals surface area contributed by atoms with Gasteiger partial charge in [0.05, 0.1) is 16.9 Å². The first-order chi connectivity index (χ1) is 7.75. The number of aromatic nitrogens is 3. The second-order valence-corrected chi connectivity index (χ2v) is 4.56. The summed E-state index contributed by atoms with van der Waals surface area (Å²) in [6.07, 6.45) is 5.50. The molecule has 0 bridgehead atoms. The molecule has 0 saturated carbocycles. The lowest BCUT2D eigenvalue weighted by atomic mass is 10.4. The Morgan fingerprint density at radius 2 is 2.25 bits per heavy atom. The fraction of sp³-hybridized carbons (Fsp3) is 0.273. The Morgan fingerprint density at radius 3 is 2.88 bits per heavy atom. The van der Waals surface area contributed by atoms with Gasteiger partial charge in [0.1, 0.15) is 5.82 Å². The lowest BCUT2D eigenvalue weighted by Crippen LogP contribution is -2.01. The highest BCUT2D eigenvalue weighted by molar-refractivity contribution is 7.99. The van der Waals surface area contributed by atoms with Gasteiger partial charge in [-0.25, -0.2) is 9.97 Å². The van der Waals surface area contributed by atoms with Gasteiger partial charge >= 0.3 is 0 Å². The molecule has 2 aromatic rings. The molecule has 5 heteroatoms. The van der Waals surface area contributed by atoms with Crippen LogP contribution in [-0.4, -0.2) is 20.3 Å². The van der Waals surface area contributed by atoms with Crippen LogP contribution in [0.4, 0.5) is 5.69 Å².